The van der Waals surface area contributed by atoms with Crippen molar-refractivity contribution in [3.8, 4) is 16.9 Å². The van der Waals surface area contributed by atoms with Crippen LogP contribution in [0.5, 0.6) is 5.75 Å². The number of benzene rings is 1. The third kappa shape index (κ3) is 4.35. The van der Waals surface area contributed by atoms with Crippen LogP contribution in [-0.2, 0) is 0 Å². The molecule has 3 rings (SSSR count). The predicted molar refractivity (Wildman–Crippen MR) is 99.2 cm³/mol. The molecule has 0 saturated heterocycles. The van der Waals surface area contributed by atoms with Crippen molar-refractivity contribution < 1.29 is 4.74 Å². The number of ether oxygens (including phenoxy) is 1. The van der Waals surface area contributed by atoms with E-state index in [0.717, 1.165) is 12.2 Å². The number of rotatable bonds is 7. The minimum absolute atomic E-state index is 0.293. The standard InChI is InChI=1S/C21H28N2O/c1-15(2)13-21(3,22)14-24-20-7-6-18(12-19(20)17-4-5-17)16-8-10-23-11-9-16/h6-12,15,17H,4-5,13-14,22H2,1-3H3. The van der Waals surface area contributed by atoms with Gasteiger partial charge >= 0.3 is 0 Å². The zero-order valence-corrected chi connectivity index (χ0v) is 15.0. The molecular weight excluding hydrogens is 296 g/mol. The fraction of sp³-hybridized carbons (Fsp3) is 0.476. The van der Waals surface area contributed by atoms with Gasteiger partial charge in [-0.2, -0.15) is 0 Å². The molecule has 1 heterocycles. The highest BCUT2D eigenvalue weighted by Crippen LogP contribution is 2.45. The lowest BCUT2D eigenvalue weighted by atomic mass is 9.92. The summed E-state index contributed by atoms with van der Waals surface area (Å²) in [4.78, 5) is 4.10. The maximum Gasteiger partial charge on any atom is 0.122 e. The summed E-state index contributed by atoms with van der Waals surface area (Å²) in [7, 11) is 0. The van der Waals surface area contributed by atoms with E-state index in [1.807, 2.05) is 24.5 Å². The molecule has 1 unspecified atom stereocenters. The summed E-state index contributed by atoms with van der Waals surface area (Å²) in [5.41, 5.74) is 9.85. The lowest BCUT2D eigenvalue weighted by Crippen LogP contribution is -2.43. The number of hydrogen-bond acceptors (Lipinski definition) is 3. The summed E-state index contributed by atoms with van der Waals surface area (Å²) < 4.78 is 6.16. The number of aromatic nitrogens is 1. The van der Waals surface area contributed by atoms with E-state index in [2.05, 4.69) is 44.0 Å². The van der Waals surface area contributed by atoms with E-state index >= 15 is 0 Å². The SMILES string of the molecule is CC(C)CC(C)(N)COc1ccc(-c2ccncc2)cc1C1CC1. The summed E-state index contributed by atoms with van der Waals surface area (Å²) in [5.74, 6) is 2.20. The first-order valence-corrected chi connectivity index (χ1v) is 8.91. The van der Waals surface area contributed by atoms with E-state index in [1.165, 1.54) is 29.5 Å². The average Bonchev–Trinajstić information content (AvgIpc) is 3.37. The highest BCUT2D eigenvalue weighted by molar-refractivity contribution is 5.65. The molecule has 0 amide bonds. The molecule has 0 spiro atoms. The molecule has 1 aliphatic rings. The summed E-state index contributed by atoms with van der Waals surface area (Å²) in [6.45, 7) is 7.03. The largest absolute Gasteiger partial charge is 0.491 e. The van der Waals surface area contributed by atoms with Gasteiger partial charge in [0.2, 0.25) is 0 Å². The maximum absolute atomic E-state index is 6.40. The van der Waals surface area contributed by atoms with Crippen molar-refractivity contribution in [1.82, 2.24) is 4.98 Å². The molecule has 128 valence electrons. The van der Waals surface area contributed by atoms with Crippen LogP contribution in [-0.4, -0.2) is 17.1 Å². The molecule has 1 aromatic carbocycles. The van der Waals surface area contributed by atoms with Crippen LogP contribution in [0, 0.1) is 5.92 Å². The van der Waals surface area contributed by atoms with E-state index in [9.17, 15) is 0 Å². The van der Waals surface area contributed by atoms with Gasteiger partial charge in [-0.05, 0) is 79.0 Å². The number of hydrogen-bond donors (Lipinski definition) is 1. The number of pyridine rings is 1. The second kappa shape index (κ2) is 6.94. The zero-order valence-electron chi connectivity index (χ0n) is 15.0. The summed E-state index contributed by atoms with van der Waals surface area (Å²) in [6, 6.07) is 10.6. The van der Waals surface area contributed by atoms with E-state index in [4.69, 9.17) is 10.5 Å². The van der Waals surface area contributed by atoms with Gasteiger partial charge in [-0.15, -0.1) is 0 Å². The highest BCUT2D eigenvalue weighted by Gasteiger charge is 2.28. The maximum atomic E-state index is 6.40. The number of nitrogens with zero attached hydrogens (tertiary/aromatic N) is 1. The van der Waals surface area contributed by atoms with Crippen molar-refractivity contribution in [3.05, 3.63) is 48.3 Å². The Morgan fingerprint density at radius 2 is 1.88 bits per heavy atom. The smallest absolute Gasteiger partial charge is 0.122 e. The van der Waals surface area contributed by atoms with Gasteiger partial charge in [0.15, 0.2) is 0 Å². The number of nitrogens with two attached hydrogens (primary N) is 1. The molecule has 0 aliphatic heterocycles. The summed E-state index contributed by atoms with van der Waals surface area (Å²) >= 11 is 0. The monoisotopic (exact) mass is 324 g/mol. The lowest BCUT2D eigenvalue weighted by Gasteiger charge is -2.27. The van der Waals surface area contributed by atoms with Crippen LogP contribution in [0.3, 0.4) is 0 Å². The molecule has 24 heavy (non-hydrogen) atoms. The molecule has 1 saturated carbocycles. The van der Waals surface area contributed by atoms with Gasteiger partial charge in [-0.3, -0.25) is 4.98 Å². The Labute approximate surface area is 145 Å². The average molecular weight is 324 g/mol. The Kier molecular flexibility index (Phi) is 4.91. The Morgan fingerprint density at radius 3 is 2.50 bits per heavy atom. The Hall–Kier alpha value is -1.87. The molecule has 3 heteroatoms. The van der Waals surface area contributed by atoms with Gasteiger partial charge < -0.3 is 10.5 Å². The minimum Gasteiger partial charge on any atom is -0.491 e. The molecule has 1 fully saturated rings. The van der Waals surface area contributed by atoms with E-state index in [-0.39, 0.29) is 5.54 Å². The molecule has 3 nitrogen and oxygen atoms in total. The minimum atomic E-state index is -0.293. The normalized spacial score (nSPS) is 16.9. The van der Waals surface area contributed by atoms with Crippen LogP contribution in [0.4, 0.5) is 0 Å². The second-order valence-corrected chi connectivity index (χ2v) is 7.80. The van der Waals surface area contributed by atoms with E-state index in [0.29, 0.717) is 18.4 Å². The summed E-state index contributed by atoms with van der Waals surface area (Å²) in [6.07, 6.45) is 7.13. The van der Waals surface area contributed by atoms with Crippen LogP contribution >= 0.6 is 0 Å². The molecule has 2 N–H and O–H groups in total. The van der Waals surface area contributed by atoms with E-state index in [1.54, 1.807) is 0 Å². The lowest BCUT2D eigenvalue weighted by molar-refractivity contribution is 0.205. The topological polar surface area (TPSA) is 48.1 Å². The van der Waals surface area contributed by atoms with Crippen molar-refractivity contribution in [1.29, 1.82) is 0 Å². The molecule has 1 aliphatic carbocycles. The Balaban J connectivity index is 1.79. The first-order chi connectivity index (χ1) is 11.4. The Morgan fingerprint density at radius 1 is 1.17 bits per heavy atom. The molecular formula is C21H28N2O. The van der Waals surface area contributed by atoms with Crippen molar-refractivity contribution in [2.45, 2.75) is 51.5 Å². The van der Waals surface area contributed by atoms with Crippen LogP contribution < -0.4 is 10.5 Å². The zero-order chi connectivity index (χ0) is 17.2. The first kappa shape index (κ1) is 17.0. The van der Waals surface area contributed by atoms with Crippen LogP contribution in [0.25, 0.3) is 11.1 Å². The first-order valence-electron chi connectivity index (χ1n) is 8.91. The third-order valence-corrected chi connectivity index (χ3v) is 4.47. The summed E-state index contributed by atoms with van der Waals surface area (Å²) in [5, 5.41) is 0. The molecule has 0 bridgehead atoms. The van der Waals surface area contributed by atoms with Gasteiger partial charge in [-0.25, -0.2) is 0 Å². The predicted octanol–water partition coefficient (Wildman–Crippen LogP) is 4.77. The second-order valence-electron chi connectivity index (χ2n) is 7.80. The van der Waals surface area contributed by atoms with E-state index < -0.39 is 0 Å². The fourth-order valence-electron chi connectivity index (χ4n) is 3.35. The van der Waals surface area contributed by atoms with Gasteiger partial charge in [0, 0.05) is 17.9 Å². The molecule has 1 aromatic heterocycles. The molecule has 1 atom stereocenters. The van der Waals surface area contributed by atoms with Crippen molar-refractivity contribution in [2.24, 2.45) is 11.7 Å². The van der Waals surface area contributed by atoms with Gasteiger partial charge in [0.1, 0.15) is 12.4 Å². The van der Waals surface area contributed by atoms with Gasteiger partial charge in [0.25, 0.3) is 0 Å². The van der Waals surface area contributed by atoms with Crippen LogP contribution in [0.15, 0.2) is 42.7 Å². The van der Waals surface area contributed by atoms with Crippen LogP contribution in [0.1, 0.15) is 51.5 Å². The van der Waals surface area contributed by atoms with Gasteiger partial charge in [-0.1, -0.05) is 19.9 Å². The van der Waals surface area contributed by atoms with Crippen molar-refractivity contribution >= 4 is 0 Å². The quantitative estimate of drug-likeness (QED) is 0.798. The Bertz CT molecular complexity index is 675. The third-order valence-electron chi connectivity index (χ3n) is 4.47. The van der Waals surface area contributed by atoms with Crippen molar-refractivity contribution in [2.75, 3.05) is 6.61 Å². The fourth-order valence-corrected chi connectivity index (χ4v) is 3.35. The van der Waals surface area contributed by atoms with Crippen molar-refractivity contribution in [3.63, 3.8) is 0 Å². The van der Waals surface area contributed by atoms with Crippen LogP contribution in [0.2, 0.25) is 0 Å². The van der Waals surface area contributed by atoms with Gasteiger partial charge in [0.05, 0.1) is 0 Å². The molecule has 0 radical (unpaired) electrons. The highest BCUT2D eigenvalue weighted by atomic mass is 16.5. The molecule has 2 aromatic rings.